The van der Waals surface area contributed by atoms with E-state index >= 15 is 0 Å². The summed E-state index contributed by atoms with van der Waals surface area (Å²) < 4.78 is 5.41. The van der Waals surface area contributed by atoms with Crippen molar-refractivity contribution >= 4 is 29.2 Å². The van der Waals surface area contributed by atoms with Crippen molar-refractivity contribution in [2.24, 2.45) is 5.92 Å². The first-order valence-corrected chi connectivity index (χ1v) is 12.8. The molecule has 4 rings (SSSR count). The number of methoxy groups -OCH3 is 1. The van der Waals surface area contributed by atoms with Crippen LogP contribution >= 0.6 is 11.3 Å². The van der Waals surface area contributed by atoms with E-state index in [1.807, 2.05) is 64.0 Å². The number of amides is 2. The number of likely N-dealkylation sites (N-methyl/N-ethyl adjacent to an activating group) is 1. The van der Waals surface area contributed by atoms with Crippen molar-refractivity contribution < 1.29 is 14.3 Å². The van der Waals surface area contributed by atoms with Gasteiger partial charge < -0.3 is 14.5 Å². The average Bonchev–Trinajstić information content (AvgIpc) is 3.45. The summed E-state index contributed by atoms with van der Waals surface area (Å²) in [4.78, 5) is 33.8. The van der Waals surface area contributed by atoms with E-state index in [1.54, 1.807) is 31.7 Å². The summed E-state index contributed by atoms with van der Waals surface area (Å²) in [7, 11) is 3.57. The Balaban J connectivity index is 1.45. The molecule has 1 unspecified atom stereocenters. The molecule has 1 atom stereocenters. The van der Waals surface area contributed by atoms with Crippen LogP contribution in [0, 0.1) is 5.92 Å². The monoisotopic (exact) mass is 489 g/mol. The second-order valence-corrected chi connectivity index (χ2v) is 9.61. The van der Waals surface area contributed by atoms with Gasteiger partial charge in [-0.3, -0.25) is 14.6 Å². The fourth-order valence-electron chi connectivity index (χ4n) is 4.65. The number of nitrogens with zero attached hydrogens (tertiary/aromatic N) is 3. The minimum Gasteiger partial charge on any atom is -0.497 e. The van der Waals surface area contributed by atoms with Crippen molar-refractivity contribution in [1.29, 1.82) is 0 Å². The Morgan fingerprint density at radius 1 is 1.23 bits per heavy atom. The van der Waals surface area contributed by atoms with Crippen LogP contribution in [0.25, 0.3) is 6.08 Å². The molecule has 3 heterocycles. The van der Waals surface area contributed by atoms with E-state index in [9.17, 15) is 9.59 Å². The highest BCUT2D eigenvalue weighted by Gasteiger charge is 2.33. The van der Waals surface area contributed by atoms with E-state index in [1.165, 1.54) is 11.3 Å². The number of rotatable bonds is 8. The number of pyridine rings is 1. The van der Waals surface area contributed by atoms with Gasteiger partial charge >= 0.3 is 0 Å². The van der Waals surface area contributed by atoms with E-state index in [0.29, 0.717) is 19.0 Å². The third-order valence-electron chi connectivity index (χ3n) is 6.66. The van der Waals surface area contributed by atoms with Crippen molar-refractivity contribution in [1.82, 2.24) is 14.8 Å². The number of benzene rings is 1. The van der Waals surface area contributed by atoms with E-state index in [-0.39, 0.29) is 17.9 Å². The fourth-order valence-corrected chi connectivity index (χ4v) is 5.28. The summed E-state index contributed by atoms with van der Waals surface area (Å²) >= 11 is 1.53. The Bertz CT molecular complexity index is 1140. The summed E-state index contributed by atoms with van der Waals surface area (Å²) in [6.45, 7) is 1.35. The van der Waals surface area contributed by atoms with Gasteiger partial charge in [-0.25, -0.2) is 0 Å². The van der Waals surface area contributed by atoms with Gasteiger partial charge in [0.15, 0.2) is 0 Å². The molecule has 35 heavy (non-hydrogen) atoms. The maximum Gasteiger partial charge on any atom is 0.254 e. The Labute approximate surface area is 210 Å². The van der Waals surface area contributed by atoms with Crippen molar-refractivity contribution in [3.05, 3.63) is 88.4 Å². The third-order valence-corrected chi connectivity index (χ3v) is 7.35. The Hall–Kier alpha value is -3.45. The molecule has 3 aromatic rings. The summed E-state index contributed by atoms with van der Waals surface area (Å²) in [6.07, 6.45) is 9.32. The Morgan fingerprint density at radius 3 is 2.74 bits per heavy atom. The van der Waals surface area contributed by atoms with E-state index in [2.05, 4.69) is 11.1 Å². The molecule has 6 nitrogen and oxygen atoms in total. The molecule has 1 aliphatic heterocycles. The molecule has 0 radical (unpaired) electrons. The zero-order valence-electron chi connectivity index (χ0n) is 20.2. The number of piperidine rings is 1. The van der Waals surface area contributed by atoms with Crippen molar-refractivity contribution in [3.8, 4) is 5.75 Å². The van der Waals surface area contributed by atoms with Gasteiger partial charge in [0.1, 0.15) is 5.75 Å². The first kappa shape index (κ1) is 24.7. The highest BCUT2D eigenvalue weighted by Crippen LogP contribution is 2.28. The van der Waals surface area contributed by atoms with Crippen molar-refractivity contribution in [3.63, 3.8) is 0 Å². The molecule has 7 heteroatoms. The molecule has 182 valence electrons. The van der Waals surface area contributed by atoms with Gasteiger partial charge in [0.2, 0.25) is 5.91 Å². The largest absolute Gasteiger partial charge is 0.497 e. The van der Waals surface area contributed by atoms with Crippen molar-refractivity contribution in [2.75, 3.05) is 27.2 Å². The Kier molecular flexibility index (Phi) is 8.32. The molecular formula is C28H31N3O3S. The lowest BCUT2D eigenvalue weighted by atomic mass is 9.84. The minimum atomic E-state index is 0.0133. The highest BCUT2D eigenvalue weighted by atomic mass is 32.1. The minimum absolute atomic E-state index is 0.0133. The van der Waals surface area contributed by atoms with Crippen LogP contribution in [0.5, 0.6) is 5.75 Å². The molecule has 2 amide bonds. The second kappa shape index (κ2) is 11.8. The van der Waals surface area contributed by atoms with Gasteiger partial charge in [-0.15, -0.1) is 0 Å². The molecule has 1 aromatic carbocycles. The fraction of sp³-hybridized carbons (Fsp3) is 0.321. The number of likely N-dealkylation sites (tertiary alicyclic amines) is 1. The lowest BCUT2D eigenvalue weighted by Gasteiger charge is -2.40. The summed E-state index contributed by atoms with van der Waals surface area (Å²) in [5.41, 5.74) is 2.76. The zero-order valence-corrected chi connectivity index (χ0v) is 21.0. The van der Waals surface area contributed by atoms with Gasteiger partial charge in [0.25, 0.3) is 5.91 Å². The van der Waals surface area contributed by atoms with Gasteiger partial charge in [-0.05, 0) is 72.0 Å². The van der Waals surface area contributed by atoms with Crippen LogP contribution in [0.1, 0.15) is 34.3 Å². The molecular weight excluding hydrogens is 458 g/mol. The van der Waals surface area contributed by atoms with Gasteiger partial charge in [0, 0.05) is 50.0 Å². The predicted molar refractivity (Wildman–Crippen MR) is 139 cm³/mol. The molecule has 0 aliphatic carbocycles. The first-order valence-electron chi connectivity index (χ1n) is 11.8. The molecule has 0 saturated carbocycles. The van der Waals surface area contributed by atoms with Crippen LogP contribution in [0.2, 0.25) is 0 Å². The number of carbonyl (C=O) groups excluding carboxylic acids is 2. The van der Waals surface area contributed by atoms with Crippen LogP contribution in [-0.2, 0) is 11.2 Å². The maximum atomic E-state index is 13.2. The number of hydrogen-bond donors (Lipinski definition) is 0. The summed E-state index contributed by atoms with van der Waals surface area (Å²) in [5, 5.41) is 3.83. The van der Waals surface area contributed by atoms with Gasteiger partial charge in [-0.1, -0.05) is 18.2 Å². The lowest BCUT2D eigenvalue weighted by molar-refractivity contribution is -0.127. The normalized spacial score (nSPS) is 15.2. The lowest BCUT2D eigenvalue weighted by Crippen LogP contribution is -2.48. The van der Waals surface area contributed by atoms with Gasteiger partial charge in [0.05, 0.1) is 12.7 Å². The molecule has 0 N–H and O–H groups in total. The zero-order chi connectivity index (χ0) is 24.6. The Morgan fingerprint density at radius 2 is 2.06 bits per heavy atom. The van der Waals surface area contributed by atoms with E-state index in [0.717, 1.165) is 41.7 Å². The number of ether oxygens (including phenoxy) is 1. The first-order chi connectivity index (χ1) is 17.0. The second-order valence-electron chi connectivity index (χ2n) is 8.83. The molecule has 1 saturated heterocycles. The van der Waals surface area contributed by atoms with Crippen LogP contribution in [0.4, 0.5) is 0 Å². The number of aromatic nitrogens is 1. The quantitative estimate of drug-likeness (QED) is 0.427. The molecule has 1 aliphatic rings. The van der Waals surface area contributed by atoms with E-state index in [4.69, 9.17) is 4.74 Å². The summed E-state index contributed by atoms with van der Waals surface area (Å²) in [5.74, 6) is 1.16. The molecule has 1 fully saturated rings. The molecule has 2 aromatic heterocycles. The standard InChI is InChI=1S/C28H31N3O3S/c1-30(28(33)24-12-16-35-20-24)26(18-22-5-3-7-25(17-22)34-2)23-10-14-31(15-11-23)27(32)9-8-21-6-4-13-29-19-21/h3-9,12-13,16-17,19-20,23,26H,10-11,14-15,18H2,1-2H3. The maximum absolute atomic E-state index is 13.2. The third kappa shape index (κ3) is 6.36. The van der Waals surface area contributed by atoms with Crippen LogP contribution in [0.3, 0.4) is 0 Å². The topological polar surface area (TPSA) is 62.7 Å². The number of carbonyl (C=O) groups is 2. The average molecular weight is 490 g/mol. The smallest absolute Gasteiger partial charge is 0.254 e. The highest BCUT2D eigenvalue weighted by molar-refractivity contribution is 7.08. The van der Waals surface area contributed by atoms with Crippen molar-refractivity contribution in [2.45, 2.75) is 25.3 Å². The predicted octanol–water partition coefficient (Wildman–Crippen LogP) is 4.79. The number of hydrogen-bond acceptors (Lipinski definition) is 5. The van der Waals surface area contributed by atoms with Crippen LogP contribution < -0.4 is 4.74 Å². The number of thiophene rings is 1. The molecule has 0 bridgehead atoms. The SMILES string of the molecule is COc1cccc(CC(C2CCN(C(=O)C=Cc3cccnc3)CC2)N(C)C(=O)c2ccsc2)c1. The van der Waals surface area contributed by atoms with Crippen LogP contribution in [-0.4, -0.2) is 59.9 Å². The van der Waals surface area contributed by atoms with Gasteiger partial charge in [-0.2, -0.15) is 11.3 Å². The van der Waals surface area contributed by atoms with E-state index < -0.39 is 0 Å². The summed E-state index contributed by atoms with van der Waals surface area (Å²) in [6, 6.07) is 13.7. The van der Waals surface area contributed by atoms with Crippen LogP contribution in [0.15, 0.2) is 71.7 Å². The molecule has 0 spiro atoms.